The molecule has 16 heavy (non-hydrogen) atoms. The second-order valence-electron chi connectivity index (χ2n) is 4.09. The molecule has 2 nitrogen and oxygen atoms in total. The van der Waals surface area contributed by atoms with Crippen LogP contribution in [0.5, 0.6) is 0 Å². The van der Waals surface area contributed by atoms with Crippen molar-refractivity contribution < 1.29 is 0 Å². The molecule has 0 saturated carbocycles. The molecule has 0 atom stereocenters. The standard InChI is InChI=1S/C10H22N2.2C2H6/c1-9(2)12-8-5-10-3-6-11-7-4-10;2*1-2/h9-12H,3-8H2,1-2H3;2*1-2H3. The minimum atomic E-state index is 0.645. The lowest BCUT2D eigenvalue weighted by Crippen LogP contribution is -2.31. The maximum Gasteiger partial charge on any atom is 0.00103 e. The van der Waals surface area contributed by atoms with Gasteiger partial charge in [-0.2, -0.15) is 0 Å². The summed E-state index contributed by atoms with van der Waals surface area (Å²) in [4.78, 5) is 0. The predicted molar refractivity (Wildman–Crippen MR) is 76.0 cm³/mol. The monoisotopic (exact) mass is 230 g/mol. The summed E-state index contributed by atoms with van der Waals surface area (Å²) in [6.07, 6.45) is 4.11. The van der Waals surface area contributed by atoms with Gasteiger partial charge in [-0.15, -0.1) is 0 Å². The summed E-state index contributed by atoms with van der Waals surface area (Å²) in [6.45, 7) is 16.1. The van der Waals surface area contributed by atoms with Crippen molar-refractivity contribution in [3.05, 3.63) is 0 Å². The van der Waals surface area contributed by atoms with Crippen LogP contribution in [0.1, 0.15) is 60.8 Å². The van der Waals surface area contributed by atoms with Gasteiger partial charge in [0.25, 0.3) is 0 Å². The van der Waals surface area contributed by atoms with E-state index >= 15 is 0 Å². The molecule has 0 aromatic carbocycles. The average molecular weight is 230 g/mol. The molecule has 1 saturated heterocycles. The molecular formula is C14H34N2. The fraction of sp³-hybridized carbons (Fsp3) is 1.00. The zero-order valence-electron chi connectivity index (χ0n) is 12.4. The number of piperidine rings is 1. The van der Waals surface area contributed by atoms with Crippen LogP contribution in [0, 0.1) is 5.92 Å². The van der Waals surface area contributed by atoms with Crippen LogP contribution in [0.2, 0.25) is 0 Å². The van der Waals surface area contributed by atoms with E-state index in [4.69, 9.17) is 0 Å². The molecular weight excluding hydrogens is 196 g/mol. The van der Waals surface area contributed by atoms with Crippen LogP contribution < -0.4 is 10.6 Å². The van der Waals surface area contributed by atoms with Crippen molar-refractivity contribution in [1.82, 2.24) is 10.6 Å². The van der Waals surface area contributed by atoms with Crippen LogP contribution in [0.3, 0.4) is 0 Å². The fourth-order valence-corrected chi connectivity index (χ4v) is 1.75. The Kier molecular flexibility index (Phi) is 17.1. The van der Waals surface area contributed by atoms with Crippen molar-refractivity contribution in [2.75, 3.05) is 19.6 Å². The molecule has 0 bridgehead atoms. The van der Waals surface area contributed by atoms with Crippen molar-refractivity contribution in [2.45, 2.75) is 66.8 Å². The van der Waals surface area contributed by atoms with Crippen LogP contribution in [0.15, 0.2) is 0 Å². The molecule has 1 aliphatic rings. The lowest BCUT2D eigenvalue weighted by Gasteiger charge is -2.22. The quantitative estimate of drug-likeness (QED) is 0.773. The van der Waals surface area contributed by atoms with Crippen LogP contribution in [-0.4, -0.2) is 25.7 Å². The minimum Gasteiger partial charge on any atom is -0.317 e. The van der Waals surface area contributed by atoms with Gasteiger partial charge in [-0.1, -0.05) is 41.5 Å². The van der Waals surface area contributed by atoms with E-state index < -0.39 is 0 Å². The Balaban J connectivity index is 0. The summed E-state index contributed by atoms with van der Waals surface area (Å²) < 4.78 is 0. The third-order valence-electron chi connectivity index (χ3n) is 2.56. The highest BCUT2D eigenvalue weighted by molar-refractivity contribution is 4.69. The zero-order valence-corrected chi connectivity index (χ0v) is 12.4. The molecule has 0 unspecified atom stereocenters. The molecule has 1 aliphatic heterocycles. The topological polar surface area (TPSA) is 24.1 Å². The SMILES string of the molecule is CC.CC.CC(C)NCCC1CCNCC1. The zero-order chi connectivity index (χ0) is 12.8. The third kappa shape index (κ3) is 12.0. The van der Waals surface area contributed by atoms with Crippen LogP contribution in [-0.2, 0) is 0 Å². The molecule has 0 amide bonds. The van der Waals surface area contributed by atoms with E-state index in [2.05, 4.69) is 24.5 Å². The number of hydrogen-bond donors (Lipinski definition) is 2. The van der Waals surface area contributed by atoms with Gasteiger partial charge in [0.2, 0.25) is 0 Å². The molecule has 2 heteroatoms. The lowest BCUT2D eigenvalue weighted by molar-refractivity contribution is 0.344. The van der Waals surface area contributed by atoms with Crippen LogP contribution in [0.25, 0.3) is 0 Å². The Morgan fingerprint density at radius 3 is 2.00 bits per heavy atom. The summed E-state index contributed by atoms with van der Waals surface area (Å²) >= 11 is 0. The first-order valence-corrected chi connectivity index (χ1v) is 7.23. The van der Waals surface area contributed by atoms with Gasteiger partial charge in [0, 0.05) is 6.04 Å². The Morgan fingerprint density at radius 1 is 1.06 bits per heavy atom. The molecule has 1 fully saturated rings. The summed E-state index contributed by atoms with van der Waals surface area (Å²) in [7, 11) is 0. The molecule has 0 radical (unpaired) electrons. The van der Waals surface area contributed by atoms with E-state index in [1.165, 1.54) is 38.9 Å². The molecule has 0 spiro atoms. The maximum atomic E-state index is 3.47. The largest absolute Gasteiger partial charge is 0.317 e. The summed E-state index contributed by atoms with van der Waals surface area (Å²) in [5, 5.41) is 6.87. The van der Waals surface area contributed by atoms with Gasteiger partial charge in [0.15, 0.2) is 0 Å². The highest BCUT2D eigenvalue weighted by Crippen LogP contribution is 2.14. The number of hydrogen-bond acceptors (Lipinski definition) is 2. The van der Waals surface area contributed by atoms with Gasteiger partial charge in [0.1, 0.15) is 0 Å². The van der Waals surface area contributed by atoms with E-state index in [1.54, 1.807) is 0 Å². The van der Waals surface area contributed by atoms with Crippen molar-refractivity contribution in [3.63, 3.8) is 0 Å². The van der Waals surface area contributed by atoms with E-state index in [9.17, 15) is 0 Å². The summed E-state index contributed by atoms with van der Waals surface area (Å²) in [5.41, 5.74) is 0. The van der Waals surface area contributed by atoms with E-state index in [1.807, 2.05) is 27.7 Å². The molecule has 2 N–H and O–H groups in total. The average Bonchev–Trinajstić information content (AvgIpc) is 2.35. The first kappa shape index (κ1) is 18.3. The van der Waals surface area contributed by atoms with Crippen molar-refractivity contribution in [1.29, 1.82) is 0 Å². The minimum absolute atomic E-state index is 0.645. The number of nitrogens with one attached hydrogen (secondary N) is 2. The maximum absolute atomic E-state index is 3.47. The molecule has 1 heterocycles. The fourth-order valence-electron chi connectivity index (χ4n) is 1.75. The van der Waals surface area contributed by atoms with Gasteiger partial charge in [-0.25, -0.2) is 0 Å². The van der Waals surface area contributed by atoms with Gasteiger partial charge in [-0.3, -0.25) is 0 Å². The third-order valence-corrected chi connectivity index (χ3v) is 2.56. The predicted octanol–water partition coefficient (Wildman–Crippen LogP) is 3.43. The Labute approximate surface area is 104 Å². The first-order chi connectivity index (χ1) is 7.79. The smallest absolute Gasteiger partial charge is 0.00103 e. The molecule has 0 aromatic heterocycles. The Hall–Kier alpha value is -0.0800. The second kappa shape index (κ2) is 14.9. The summed E-state index contributed by atoms with van der Waals surface area (Å²) in [5.74, 6) is 0.970. The first-order valence-electron chi connectivity index (χ1n) is 7.23. The number of rotatable bonds is 4. The van der Waals surface area contributed by atoms with Crippen LogP contribution in [0.4, 0.5) is 0 Å². The van der Waals surface area contributed by atoms with E-state index in [0.717, 1.165) is 5.92 Å². The lowest BCUT2D eigenvalue weighted by atomic mass is 9.95. The normalized spacial score (nSPS) is 15.9. The van der Waals surface area contributed by atoms with Crippen molar-refractivity contribution in [3.8, 4) is 0 Å². The second-order valence-corrected chi connectivity index (χ2v) is 4.09. The molecule has 0 aliphatic carbocycles. The highest BCUT2D eigenvalue weighted by atomic mass is 14.9. The molecule has 1 rings (SSSR count). The van der Waals surface area contributed by atoms with Gasteiger partial charge < -0.3 is 10.6 Å². The Morgan fingerprint density at radius 2 is 1.56 bits per heavy atom. The molecule has 0 aromatic rings. The van der Waals surface area contributed by atoms with Crippen molar-refractivity contribution >= 4 is 0 Å². The van der Waals surface area contributed by atoms with E-state index in [-0.39, 0.29) is 0 Å². The van der Waals surface area contributed by atoms with Crippen molar-refractivity contribution in [2.24, 2.45) is 5.92 Å². The van der Waals surface area contributed by atoms with E-state index in [0.29, 0.717) is 6.04 Å². The van der Waals surface area contributed by atoms with Gasteiger partial charge >= 0.3 is 0 Å². The highest BCUT2D eigenvalue weighted by Gasteiger charge is 2.11. The van der Waals surface area contributed by atoms with Gasteiger partial charge in [-0.05, 0) is 44.8 Å². The molecule has 100 valence electrons. The Bertz CT molecular complexity index is 107. The summed E-state index contributed by atoms with van der Waals surface area (Å²) in [6, 6.07) is 0.645. The van der Waals surface area contributed by atoms with Gasteiger partial charge in [0.05, 0.1) is 0 Å². The van der Waals surface area contributed by atoms with Crippen LogP contribution >= 0.6 is 0 Å².